The lowest BCUT2D eigenvalue weighted by molar-refractivity contribution is 0.228. The Morgan fingerprint density at radius 1 is 1.46 bits per heavy atom. The maximum Gasteiger partial charge on any atom is 0.119 e. The predicted octanol–water partition coefficient (Wildman–Crippen LogP) is 1.65. The molecule has 1 heterocycles. The Bertz CT molecular complexity index is 299. The van der Waals surface area contributed by atoms with Gasteiger partial charge in [0.1, 0.15) is 12.4 Å². The lowest BCUT2D eigenvalue weighted by Crippen LogP contribution is -2.04. The Balaban J connectivity index is 2.32. The monoisotopic (exact) mass is 178 g/mol. The third-order valence-electron chi connectivity index (χ3n) is 2.00. The maximum atomic E-state index is 5.28. The van der Waals surface area contributed by atoms with Gasteiger partial charge in [0, 0.05) is 17.8 Å². The molecule has 0 fully saturated rings. The summed E-state index contributed by atoms with van der Waals surface area (Å²) in [7, 11) is 1.66. The molecule has 0 spiro atoms. The zero-order valence-electron chi connectivity index (χ0n) is 7.54. The number of benzene rings is 1. The third-order valence-corrected chi connectivity index (χ3v) is 2.00. The van der Waals surface area contributed by atoms with E-state index in [1.807, 2.05) is 18.2 Å². The van der Waals surface area contributed by atoms with Gasteiger partial charge in [0.15, 0.2) is 0 Å². The second-order valence-corrected chi connectivity index (χ2v) is 2.87. The van der Waals surface area contributed by atoms with Crippen LogP contribution in [0.25, 0.3) is 0 Å². The van der Waals surface area contributed by atoms with Crippen molar-refractivity contribution >= 4 is 5.69 Å². The van der Waals surface area contributed by atoms with Gasteiger partial charge in [0.2, 0.25) is 0 Å². The Labute approximate surface area is 77.7 Å². The van der Waals surface area contributed by atoms with Gasteiger partial charge in [-0.25, -0.2) is 0 Å². The summed E-state index contributed by atoms with van der Waals surface area (Å²) < 4.78 is 10.4. The summed E-state index contributed by atoms with van der Waals surface area (Å²) in [6, 6.07) is 5.89. The first kappa shape index (κ1) is 8.38. The van der Waals surface area contributed by atoms with Crippen LogP contribution in [0.4, 0.5) is 5.69 Å². The fraction of sp³-hybridized carbons (Fsp3) is 0.300. The van der Waals surface area contributed by atoms with E-state index in [0.717, 1.165) is 23.5 Å². The van der Waals surface area contributed by atoms with Gasteiger partial charge in [-0.3, -0.25) is 0 Å². The average Bonchev–Trinajstić information content (AvgIpc) is 2.41. The van der Waals surface area contributed by atoms with E-state index in [4.69, 9.17) is 9.47 Å². The van der Waals surface area contributed by atoms with Crippen molar-refractivity contribution in [1.29, 1.82) is 0 Å². The summed E-state index contributed by atoms with van der Waals surface area (Å²) >= 11 is 0. The number of nitrogens with one attached hydrogen (secondary N) is 1. The molecule has 3 nitrogen and oxygen atoms in total. The summed E-state index contributed by atoms with van der Waals surface area (Å²) in [5.41, 5.74) is 2.13. The number of hydrogen-bond donors (Lipinski definition) is 1. The SMILES string of the molecule is COc1ccc2c(c1)[CH]OCCN2. The normalized spacial score (nSPS) is 15.5. The third kappa shape index (κ3) is 1.75. The Morgan fingerprint density at radius 3 is 3.23 bits per heavy atom. The van der Waals surface area contributed by atoms with Gasteiger partial charge < -0.3 is 14.8 Å². The smallest absolute Gasteiger partial charge is 0.119 e. The lowest BCUT2D eigenvalue weighted by Gasteiger charge is -2.07. The van der Waals surface area contributed by atoms with Crippen molar-refractivity contribution in [3.63, 3.8) is 0 Å². The minimum Gasteiger partial charge on any atom is -0.497 e. The van der Waals surface area contributed by atoms with E-state index in [0.29, 0.717) is 6.61 Å². The van der Waals surface area contributed by atoms with Crippen molar-refractivity contribution in [2.24, 2.45) is 0 Å². The summed E-state index contributed by atoms with van der Waals surface area (Å²) in [5, 5.41) is 3.26. The van der Waals surface area contributed by atoms with Gasteiger partial charge in [-0.15, -0.1) is 0 Å². The van der Waals surface area contributed by atoms with Crippen LogP contribution in [0.15, 0.2) is 18.2 Å². The molecule has 0 atom stereocenters. The summed E-state index contributed by atoms with van der Waals surface area (Å²) in [6.45, 7) is 3.31. The molecule has 0 aliphatic carbocycles. The number of hydrogen-bond acceptors (Lipinski definition) is 3. The quantitative estimate of drug-likeness (QED) is 0.709. The Kier molecular flexibility index (Phi) is 2.36. The van der Waals surface area contributed by atoms with Crippen LogP contribution in [-0.4, -0.2) is 20.3 Å². The Morgan fingerprint density at radius 2 is 2.38 bits per heavy atom. The highest BCUT2D eigenvalue weighted by atomic mass is 16.5. The number of ether oxygens (including phenoxy) is 2. The van der Waals surface area contributed by atoms with Gasteiger partial charge in [0.05, 0.1) is 13.7 Å². The topological polar surface area (TPSA) is 30.5 Å². The maximum absolute atomic E-state index is 5.28. The van der Waals surface area contributed by atoms with Crippen LogP contribution in [0.2, 0.25) is 0 Å². The van der Waals surface area contributed by atoms with Crippen LogP contribution in [0.3, 0.4) is 0 Å². The van der Waals surface area contributed by atoms with E-state index in [1.54, 1.807) is 13.7 Å². The van der Waals surface area contributed by atoms with E-state index in [9.17, 15) is 0 Å². The molecular formula is C10H12NO2. The van der Waals surface area contributed by atoms with E-state index in [-0.39, 0.29) is 0 Å². The van der Waals surface area contributed by atoms with Crippen LogP contribution in [0.1, 0.15) is 5.56 Å². The second-order valence-electron chi connectivity index (χ2n) is 2.87. The first-order valence-corrected chi connectivity index (χ1v) is 4.27. The minimum absolute atomic E-state index is 0.705. The van der Waals surface area contributed by atoms with Crippen LogP contribution < -0.4 is 10.1 Å². The van der Waals surface area contributed by atoms with Crippen molar-refractivity contribution in [2.75, 3.05) is 25.6 Å². The fourth-order valence-electron chi connectivity index (χ4n) is 1.32. The molecule has 1 aliphatic rings. The van der Waals surface area contributed by atoms with Crippen molar-refractivity contribution in [1.82, 2.24) is 0 Å². The summed E-state index contributed by atoms with van der Waals surface area (Å²) in [4.78, 5) is 0. The van der Waals surface area contributed by atoms with E-state index >= 15 is 0 Å². The molecule has 3 heteroatoms. The standard InChI is InChI=1S/C10H12NO2/c1-12-9-2-3-10-8(6-9)7-13-5-4-11-10/h2-3,6-7,11H,4-5H2,1H3. The number of fused-ring (bicyclic) bond motifs is 1. The van der Waals surface area contributed by atoms with Gasteiger partial charge in [-0.1, -0.05) is 0 Å². The highest BCUT2D eigenvalue weighted by molar-refractivity contribution is 5.57. The molecule has 0 unspecified atom stereocenters. The van der Waals surface area contributed by atoms with Crippen molar-refractivity contribution in [2.45, 2.75) is 0 Å². The molecule has 13 heavy (non-hydrogen) atoms. The summed E-state index contributed by atoms with van der Waals surface area (Å²) in [5.74, 6) is 0.849. The van der Waals surface area contributed by atoms with Crippen molar-refractivity contribution in [3.05, 3.63) is 30.4 Å². The number of anilines is 1. The zero-order chi connectivity index (χ0) is 9.10. The lowest BCUT2D eigenvalue weighted by atomic mass is 10.2. The molecule has 2 rings (SSSR count). The molecular weight excluding hydrogens is 166 g/mol. The molecule has 1 radical (unpaired) electrons. The minimum atomic E-state index is 0.705. The fourth-order valence-corrected chi connectivity index (χ4v) is 1.32. The molecule has 1 aliphatic heterocycles. The van der Waals surface area contributed by atoms with Crippen LogP contribution >= 0.6 is 0 Å². The number of rotatable bonds is 1. The molecule has 1 aromatic rings. The molecule has 1 aromatic carbocycles. The van der Waals surface area contributed by atoms with E-state index < -0.39 is 0 Å². The van der Waals surface area contributed by atoms with Crippen molar-refractivity contribution < 1.29 is 9.47 Å². The van der Waals surface area contributed by atoms with Gasteiger partial charge in [-0.2, -0.15) is 0 Å². The molecule has 1 N–H and O–H groups in total. The van der Waals surface area contributed by atoms with Gasteiger partial charge in [-0.05, 0) is 18.2 Å². The first-order chi connectivity index (χ1) is 6.40. The largest absolute Gasteiger partial charge is 0.497 e. The predicted molar refractivity (Wildman–Crippen MR) is 50.8 cm³/mol. The Hall–Kier alpha value is -1.22. The second kappa shape index (κ2) is 3.66. The van der Waals surface area contributed by atoms with E-state index in [2.05, 4.69) is 5.32 Å². The van der Waals surface area contributed by atoms with Crippen molar-refractivity contribution in [3.8, 4) is 5.75 Å². The zero-order valence-corrected chi connectivity index (χ0v) is 7.54. The first-order valence-electron chi connectivity index (χ1n) is 4.27. The van der Waals surface area contributed by atoms with Crippen LogP contribution in [0, 0.1) is 6.61 Å². The summed E-state index contributed by atoms with van der Waals surface area (Å²) in [6.07, 6.45) is 0. The van der Waals surface area contributed by atoms with Crippen LogP contribution in [0.5, 0.6) is 5.75 Å². The molecule has 69 valence electrons. The molecule has 0 amide bonds. The molecule has 0 saturated carbocycles. The molecule has 0 saturated heterocycles. The molecule has 0 aromatic heterocycles. The van der Waals surface area contributed by atoms with Gasteiger partial charge in [0.25, 0.3) is 0 Å². The van der Waals surface area contributed by atoms with E-state index in [1.165, 1.54) is 0 Å². The molecule has 0 bridgehead atoms. The van der Waals surface area contributed by atoms with Gasteiger partial charge >= 0.3 is 0 Å². The highest BCUT2D eigenvalue weighted by Gasteiger charge is 2.08. The van der Waals surface area contributed by atoms with Crippen LogP contribution in [-0.2, 0) is 4.74 Å². The average molecular weight is 178 g/mol. The number of methoxy groups -OCH3 is 1. The highest BCUT2D eigenvalue weighted by Crippen LogP contribution is 2.24.